The number of nitrogens with one attached hydrogen (secondary N) is 1. The van der Waals surface area contributed by atoms with E-state index in [1.807, 2.05) is 0 Å². The summed E-state index contributed by atoms with van der Waals surface area (Å²) in [5.41, 5.74) is -1.60. The first kappa shape index (κ1) is 10.8. The van der Waals surface area contributed by atoms with E-state index in [0.29, 0.717) is 12.8 Å². The minimum absolute atomic E-state index is 0.111. The monoisotopic (exact) mass is 195 g/mol. The van der Waals surface area contributed by atoms with Gasteiger partial charge in [0.05, 0.1) is 0 Å². The van der Waals surface area contributed by atoms with Gasteiger partial charge in [-0.05, 0) is 12.8 Å². The second-order valence-corrected chi connectivity index (χ2v) is 4.09. The molecule has 1 N–H and O–H groups in total. The van der Waals surface area contributed by atoms with Crippen LogP contribution in [0.5, 0.6) is 0 Å². The minimum Gasteiger partial charge on any atom is -0.301 e. The highest BCUT2D eigenvalue weighted by Crippen LogP contribution is 2.43. The van der Waals surface area contributed by atoms with E-state index in [-0.39, 0.29) is 18.9 Å². The van der Waals surface area contributed by atoms with Crippen molar-refractivity contribution in [3.63, 3.8) is 0 Å². The fourth-order valence-corrected chi connectivity index (χ4v) is 2.04. The predicted octanol–water partition coefficient (Wildman–Crippen LogP) is 2.86. The van der Waals surface area contributed by atoms with E-state index in [1.54, 1.807) is 13.8 Å². The molecule has 1 saturated carbocycles. The van der Waals surface area contributed by atoms with E-state index in [9.17, 15) is 13.2 Å². The Balaban J connectivity index is 2.75. The Morgan fingerprint density at radius 1 is 1.15 bits per heavy atom. The summed E-state index contributed by atoms with van der Waals surface area (Å²) >= 11 is 0. The molecular weight excluding hydrogens is 179 g/mol. The zero-order valence-corrected chi connectivity index (χ0v) is 8.04. The molecule has 0 bridgehead atoms. The molecule has 0 radical (unpaired) electrons. The van der Waals surface area contributed by atoms with Crippen LogP contribution >= 0.6 is 0 Å². The fraction of sp³-hybridized carbons (Fsp3) is 1.00. The lowest BCUT2D eigenvalue weighted by molar-refractivity contribution is -0.196. The average molecular weight is 195 g/mol. The predicted molar refractivity (Wildman–Crippen MR) is 45.5 cm³/mol. The summed E-state index contributed by atoms with van der Waals surface area (Å²) in [6.07, 6.45) is -2.28. The van der Waals surface area contributed by atoms with Crippen molar-refractivity contribution in [3.05, 3.63) is 0 Å². The molecular formula is C9H16F3N. The van der Waals surface area contributed by atoms with E-state index in [2.05, 4.69) is 5.32 Å². The van der Waals surface area contributed by atoms with E-state index in [4.69, 9.17) is 0 Å². The van der Waals surface area contributed by atoms with Crippen molar-refractivity contribution in [1.29, 1.82) is 0 Å². The SMILES string of the molecule is CC(C)NC1(C(F)(F)F)CCCC1. The molecule has 0 saturated heterocycles. The minimum atomic E-state index is -4.10. The standard InChI is InChI=1S/C9H16F3N/c1-7(2)13-8(9(10,11)12)5-3-4-6-8/h7,13H,3-6H2,1-2H3. The van der Waals surface area contributed by atoms with Gasteiger partial charge in [-0.2, -0.15) is 13.2 Å². The first-order chi connectivity index (χ1) is 5.87. The summed E-state index contributed by atoms with van der Waals surface area (Å²) < 4.78 is 38.1. The van der Waals surface area contributed by atoms with E-state index < -0.39 is 11.7 Å². The number of alkyl halides is 3. The Morgan fingerprint density at radius 2 is 1.62 bits per heavy atom. The highest BCUT2D eigenvalue weighted by molar-refractivity contribution is 4.99. The quantitative estimate of drug-likeness (QED) is 0.714. The van der Waals surface area contributed by atoms with E-state index in [0.717, 1.165) is 0 Å². The van der Waals surface area contributed by atoms with Gasteiger partial charge in [0.2, 0.25) is 0 Å². The third-order valence-corrected chi connectivity index (χ3v) is 2.56. The molecule has 0 aromatic heterocycles. The summed E-state index contributed by atoms with van der Waals surface area (Å²) in [6, 6.07) is -0.111. The molecule has 78 valence electrons. The highest BCUT2D eigenvalue weighted by Gasteiger charge is 2.55. The number of rotatable bonds is 2. The lowest BCUT2D eigenvalue weighted by Crippen LogP contribution is -2.57. The van der Waals surface area contributed by atoms with Crippen LogP contribution in [0.15, 0.2) is 0 Å². The van der Waals surface area contributed by atoms with Crippen molar-refractivity contribution in [2.24, 2.45) is 0 Å². The van der Waals surface area contributed by atoms with Gasteiger partial charge in [0.25, 0.3) is 0 Å². The molecule has 0 aliphatic heterocycles. The molecule has 0 amide bonds. The molecule has 4 heteroatoms. The van der Waals surface area contributed by atoms with Gasteiger partial charge < -0.3 is 5.32 Å². The second kappa shape index (κ2) is 3.48. The van der Waals surface area contributed by atoms with Gasteiger partial charge in [-0.15, -0.1) is 0 Å². The number of hydrogen-bond donors (Lipinski definition) is 1. The van der Waals surface area contributed by atoms with Crippen molar-refractivity contribution in [3.8, 4) is 0 Å². The van der Waals surface area contributed by atoms with Crippen LogP contribution in [-0.2, 0) is 0 Å². The van der Waals surface area contributed by atoms with Crippen LogP contribution in [0.2, 0.25) is 0 Å². The van der Waals surface area contributed by atoms with Crippen LogP contribution < -0.4 is 5.32 Å². The molecule has 13 heavy (non-hydrogen) atoms. The van der Waals surface area contributed by atoms with Gasteiger partial charge >= 0.3 is 6.18 Å². The van der Waals surface area contributed by atoms with Gasteiger partial charge in [0, 0.05) is 6.04 Å². The number of hydrogen-bond acceptors (Lipinski definition) is 1. The van der Waals surface area contributed by atoms with Crippen molar-refractivity contribution in [2.45, 2.75) is 57.3 Å². The third kappa shape index (κ3) is 2.16. The molecule has 0 aromatic rings. The maximum Gasteiger partial charge on any atom is 0.406 e. The molecule has 1 aliphatic carbocycles. The molecule has 0 heterocycles. The topological polar surface area (TPSA) is 12.0 Å². The molecule has 0 spiro atoms. The van der Waals surface area contributed by atoms with Crippen LogP contribution in [0, 0.1) is 0 Å². The summed E-state index contributed by atoms with van der Waals surface area (Å²) in [4.78, 5) is 0. The second-order valence-electron chi connectivity index (χ2n) is 4.09. The van der Waals surface area contributed by atoms with Crippen LogP contribution in [0.1, 0.15) is 39.5 Å². The highest BCUT2D eigenvalue weighted by atomic mass is 19.4. The molecule has 0 unspecified atom stereocenters. The molecule has 1 nitrogen and oxygen atoms in total. The Bertz CT molecular complexity index is 168. The molecule has 0 aromatic carbocycles. The van der Waals surface area contributed by atoms with E-state index in [1.165, 1.54) is 0 Å². The van der Waals surface area contributed by atoms with Crippen molar-refractivity contribution in [1.82, 2.24) is 5.32 Å². The lowest BCUT2D eigenvalue weighted by atomic mass is 9.96. The van der Waals surface area contributed by atoms with Crippen LogP contribution in [0.25, 0.3) is 0 Å². The van der Waals surface area contributed by atoms with Crippen molar-refractivity contribution >= 4 is 0 Å². The largest absolute Gasteiger partial charge is 0.406 e. The van der Waals surface area contributed by atoms with Crippen LogP contribution in [0.3, 0.4) is 0 Å². The van der Waals surface area contributed by atoms with Gasteiger partial charge in [0.1, 0.15) is 5.54 Å². The zero-order valence-electron chi connectivity index (χ0n) is 8.04. The summed E-state index contributed by atoms with van der Waals surface area (Å²) in [5, 5.41) is 2.67. The molecule has 1 aliphatic rings. The van der Waals surface area contributed by atoms with Crippen LogP contribution in [-0.4, -0.2) is 17.8 Å². The Hall–Kier alpha value is -0.250. The van der Waals surface area contributed by atoms with Gasteiger partial charge in [-0.1, -0.05) is 26.7 Å². The summed E-state index contributed by atoms with van der Waals surface area (Å²) in [5.74, 6) is 0. The Morgan fingerprint density at radius 3 is 1.92 bits per heavy atom. The lowest BCUT2D eigenvalue weighted by Gasteiger charge is -2.34. The van der Waals surface area contributed by atoms with Crippen molar-refractivity contribution in [2.75, 3.05) is 0 Å². The normalized spacial score (nSPS) is 22.6. The zero-order chi connectivity index (χ0) is 10.1. The molecule has 1 rings (SSSR count). The summed E-state index contributed by atoms with van der Waals surface area (Å²) in [7, 11) is 0. The first-order valence-electron chi connectivity index (χ1n) is 4.72. The average Bonchev–Trinajstić information content (AvgIpc) is 2.33. The third-order valence-electron chi connectivity index (χ3n) is 2.56. The Labute approximate surface area is 76.7 Å². The maximum atomic E-state index is 12.7. The molecule has 0 atom stereocenters. The van der Waals surface area contributed by atoms with E-state index >= 15 is 0 Å². The summed E-state index contributed by atoms with van der Waals surface area (Å²) in [6.45, 7) is 3.51. The van der Waals surface area contributed by atoms with Gasteiger partial charge in [-0.3, -0.25) is 0 Å². The Kier molecular flexibility index (Phi) is 2.90. The molecule has 1 fully saturated rings. The fourth-order valence-electron chi connectivity index (χ4n) is 2.04. The van der Waals surface area contributed by atoms with Gasteiger partial charge in [0.15, 0.2) is 0 Å². The first-order valence-corrected chi connectivity index (χ1v) is 4.72. The maximum absolute atomic E-state index is 12.7. The van der Waals surface area contributed by atoms with Crippen molar-refractivity contribution < 1.29 is 13.2 Å². The van der Waals surface area contributed by atoms with Gasteiger partial charge in [-0.25, -0.2) is 0 Å². The number of halogens is 3. The van der Waals surface area contributed by atoms with Crippen LogP contribution in [0.4, 0.5) is 13.2 Å². The smallest absolute Gasteiger partial charge is 0.301 e.